The van der Waals surface area contributed by atoms with Crippen LogP contribution in [0.4, 0.5) is 0 Å². The predicted molar refractivity (Wildman–Crippen MR) is 61.3 cm³/mol. The Hall–Kier alpha value is -1.72. The maximum absolute atomic E-state index is 5.55. The highest BCUT2D eigenvalue weighted by Gasteiger charge is 2.22. The summed E-state index contributed by atoms with van der Waals surface area (Å²) in [7, 11) is 0. The molecule has 1 aromatic carbocycles. The van der Waals surface area contributed by atoms with Crippen LogP contribution in [0, 0.1) is 0 Å². The zero-order valence-corrected chi connectivity index (χ0v) is 9.30. The topological polar surface area (TPSA) is 60.2 Å². The summed E-state index contributed by atoms with van der Waals surface area (Å²) in [6.45, 7) is 2.26. The molecule has 0 unspecified atom stereocenters. The Bertz CT molecular complexity index is 478. The standard InChI is InChI=1S/C12H13N3O2/c1-2-4-9(5-3-1)11-14-12(17-15-11)10-8-13-6-7-16-10/h1-5,10,13H,6-8H2/t10-/m1/s1. The monoisotopic (exact) mass is 231 g/mol. The minimum Gasteiger partial charge on any atom is -0.366 e. The van der Waals surface area contributed by atoms with Crippen LogP contribution in [0.1, 0.15) is 12.0 Å². The molecule has 1 aromatic heterocycles. The number of ether oxygens (including phenoxy) is 1. The van der Waals surface area contributed by atoms with Crippen molar-refractivity contribution >= 4 is 0 Å². The van der Waals surface area contributed by atoms with Crippen molar-refractivity contribution in [2.75, 3.05) is 19.7 Å². The second kappa shape index (κ2) is 4.65. The second-order valence-corrected chi connectivity index (χ2v) is 3.89. The number of hydrogen-bond donors (Lipinski definition) is 1. The number of benzene rings is 1. The molecule has 3 rings (SSSR count). The van der Waals surface area contributed by atoms with E-state index in [1.54, 1.807) is 0 Å². The van der Waals surface area contributed by atoms with Gasteiger partial charge in [-0.1, -0.05) is 35.5 Å². The van der Waals surface area contributed by atoms with Crippen molar-refractivity contribution in [3.05, 3.63) is 36.2 Å². The molecule has 17 heavy (non-hydrogen) atoms. The highest BCUT2D eigenvalue weighted by Crippen LogP contribution is 2.21. The molecule has 0 saturated carbocycles. The van der Waals surface area contributed by atoms with Gasteiger partial charge in [-0.3, -0.25) is 0 Å². The van der Waals surface area contributed by atoms with Crippen LogP contribution in [-0.2, 0) is 4.74 Å². The van der Waals surface area contributed by atoms with E-state index in [4.69, 9.17) is 9.26 Å². The lowest BCUT2D eigenvalue weighted by Gasteiger charge is -2.19. The summed E-state index contributed by atoms with van der Waals surface area (Å²) < 4.78 is 10.8. The Morgan fingerprint density at radius 1 is 1.24 bits per heavy atom. The Kier molecular flexibility index (Phi) is 2.85. The van der Waals surface area contributed by atoms with E-state index in [9.17, 15) is 0 Å². The van der Waals surface area contributed by atoms with Gasteiger partial charge < -0.3 is 14.6 Å². The van der Waals surface area contributed by atoms with E-state index in [1.807, 2.05) is 30.3 Å². The second-order valence-electron chi connectivity index (χ2n) is 3.89. The smallest absolute Gasteiger partial charge is 0.257 e. The van der Waals surface area contributed by atoms with E-state index in [1.165, 1.54) is 0 Å². The van der Waals surface area contributed by atoms with E-state index in [0.717, 1.165) is 18.7 Å². The highest BCUT2D eigenvalue weighted by molar-refractivity contribution is 5.53. The zero-order chi connectivity index (χ0) is 11.5. The molecule has 1 aliphatic rings. The van der Waals surface area contributed by atoms with Crippen LogP contribution in [0.5, 0.6) is 0 Å². The average molecular weight is 231 g/mol. The van der Waals surface area contributed by atoms with Gasteiger partial charge in [0.1, 0.15) is 6.10 Å². The van der Waals surface area contributed by atoms with Crippen LogP contribution in [0.15, 0.2) is 34.9 Å². The van der Waals surface area contributed by atoms with Crippen molar-refractivity contribution < 1.29 is 9.26 Å². The van der Waals surface area contributed by atoms with E-state index >= 15 is 0 Å². The van der Waals surface area contributed by atoms with Crippen molar-refractivity contribution in [3.63, 3.8) is 0 Å². The molecule has 1 saturated heterocycles. The molecule has 1 atom stereocenters. The van der Waals surface area contributed by atoms with E-state index in [2.05, 4.69) is 15.5 Å². The van der Waals surface area contributed by atoms with E-state index in [0.29, 0.717) is 18.3 Å². The summed E-state index contributed by atoms with van der Waals surface area (Å²) in [5.74, 6) is 1.14. The number of morpholine rings is 1. The molecule has 2 aromatic rings. The quantitative estimate of drug-likeness (QED) is 0.846. The van der Waals surface area contributed by atoms with Crippen molar-refractivity contribution in [3.8, 4) is 11.4 Å². The molecular weight excluding hydrogens is 218 g/mol. The first kappa shape index (κ1) is 10.4. The molecule has 1 fully saturated rings. The van der Waals surface area contributed by atoms with Crippen LogP contribution >= 0.6 is 0 Å². The maximum Gasteiger partial charge on any atom is 0.257 e. The van der Waals surface area contributed by atoms with Crippen molar-refractivity contribution in [1.29, 1.82) is 0 Å². The van der Waals surface area contributed by atoms with Crippen LogP contribution in [0.2, 0.25) is 0 Å². The first-order chi connectivity index (χ1) is 8.43. The van der Waals surface area contributed by atoms with Crippen LogP contribution in [0.25, 0.3) is 11.4 Å². The van der Waals surface area contributed by atoms with Gasteiger partial charge in [-0.15, -0.1) is 0 Å². The van der Waals surface area contributed by atoms with Gasteiger partial charge in [0.25, 0.3) is 5.89 Å². The average Bonchev–Trinajstić information content (AvgIpc) is 2.90. The Morgan fingerprint density at radius 2 is 2.12 bits per heavy atom. The first-order valence-corrected chi connectivity index (χ1v) is 5.65. The molecule has 1 N–H and O–H groups in total. The maximum atomic E-state index is 5.55. The van der Waals surface area contributed by atoms with Crippen LogP contribution in [0.3, 0.4) is 0 Å². The molecule has 0 radical (unpaired) electrons. The molecule has 0 spiro atoms. The minimum atomic E-state index is -0.131. The minimum absolute atomic E-state index is 0.131. The summed E-state index contributed by atoms with van der Waals surface area (Å²) >= 11 is 0. The fraction of sp³-hybridized carbons (Fsp3) is 0.333. The van der Waals surface area contributed by atoms with Crippen LogP contribution < -0.4 is 5.32 Å². The molecule has 0 bridgehead atoms. The number of nitrogens with one attached hydrogen (secondary N) is 1. The lowest BCUT2D eigenvalue weighted by molar-refractivity contribution is 0.00755. The third kappa shape index (κ3) is 2.20. The van der Waals surface area contributed by atoms with Gasteiger partial charge >= 0.3 is 0 Å². The highest BCUT2D eigenvalue weighted by atomic mass is 16.5. The molecule has 1 aliphatic heterocycles. The summed E-state index contributed by atoms with van der Waals surface area (Å²) in [5, 5.41) is 7.20. The van der Waals surface area contributed by atoms with E-state index in [-0.39, 0.29) is 6.10 Å². The number of hydrogen-bond acceptors (Lipinski definition) is 5. The van der Waals surface area contributed by atoms with Crippen molar-refractivity contribution in [2.45, 2.75) is 6.10 Å². The first-order valence-electron chi connectivity index (χ1n) is 5.65. The fourth-order valence-corrected chi connectivity index (χ4v) is 1.79. The lowest BCUT2D eigenvalue weighted by Crippen LogP contribution is -2.33. The molecule has 88 valence electrons. The third-order valence-electron chi connectivity index (χ3n) is 2.68. The SMILES string of the molecule is c1ccc(-c2noc([C@H]3CNCCO3)n2)cc1. The molecule has 0 aliphatic carbocycles. The van der Waals surface area contributed by atoms with Crippen molar-refractivity contribution in [2.24, 2.45) is 0 Å². The van der Waals surface area contributed by atoms with Gasteiger partial charge in [-0.05, 0) is 0 Å². The van der Waals surface area contributed by atoms with E-state index < -0.39 is 0 Å². The molecule has 0 amide bonds. The summed E-state index contributed by atoms with van der Waals surface area (Å²) in [6.07, 6.45) is -0.131. The fourth-order valence-electron chi connectivity index (χ4n) is 1.79. The van der Waals surface area contributed by atoms with Gasteiger partial charge in [0, 0.05) is 18.7 Å². The third-order valence-corrected chi connectivity index (χ3v) is 2.68. The zero-order valence-electron chi connectivity index (χ0n) is 9.30. The van der Waals surface area contributed by atoms with Crippen molar-refractivity contribution in [1.82, 2.24) is 15.5 Å². The van der Waals surface area contributed by atoms with Gasteiger partial charge in [0.05, 0.1) is 6.61 Å². The predicted octanol–water partition coefficient (Wildman–Crippen LogP) is 1.40. The molecule has 5 heteroatoms. The molecular formula is C12H13N3O2. The summed E-state index contributed by atoms with van der Waals surface area (Å²) in [5.41, 5.74) is 0.950. The largest absolute Gasteiger partial charge is 0.366 e. The number of nitrogens with zero attached hydrogens (tertiary/aromatic N) is 2. The lowest BCUT2D eigenvalue weighted by atomic mass is 10.2. The number of rotatable bonds is 2. The molecule has 5 nitrogen and oxygen atoms in total. The molecule has 2 heterocycles. The van der Waals surface area contributed by atoms with Gasteiger partial charge in [0.2, 0.25) is 5.82 Å². The normalized spacial score (nSPS) is 20.4. The van der Waals surface area contributed by atoms with Gasteiger partial charge in [0.15, 0.2) is 0 Å². The Labute approximate surface area is 98.8 Å². The number of aromatic nitrogens is 2. The summed E-state index contributed by atoms with van der Waals surface area (Å²) in [4.78, 5) is 4.36. The van der Waals surface area contributed by atoms with Crippen LogP contribution in [-0.4, -0.2) is 29.8 Å². The Balaban J connectivity index is 1.83. The van der Waals surface area contributed by atoms with Gasteiger partial charge in [-0.25, -0.2) is 0 Å². The summed E-state index contributed by atoms with van der Waals surface area (Å²) in [6, 6.07) is 9.76. The Morgan fingerprint density at radius 3 is 2.88 bits per heavy atom. The van der Waals surface area contributed by atoms with Gasteiger partial charge in [-0.2, -0.15) is 4.98 Å².